The van der Waals surface area contributed by atoms with Crippen LogP contribution in [0, 0.1) is 24.0 Å². The van der Waals surface area contributed by atoms with E-state index in [1.807, 2.05) is 0 Å². The number of ether oxygens (including phenoxy) is 1. The molecule has 4 heteroatoms. The maximum atomic E-state index is 13.3. The predicted molar refractivity (Wildman–Crippen MR) is 110 cm³/mol. The molecule has 2 aromatic carbocycles. The number of nitrogens with zero attached hydrogens (tertiary/aromatic N) is 1. The lowest BCUT2D eigenvalue weighted by Gasteiger charge is -2.34. The molecule has 2 heterocycles. The summed E-state index contributed by atoms with van der Waals surface area (Å²) < 4.78 is 32.9. The SMILES string of the molecule is C#CCN1[C@@H]2CC[C@H]1CC(=CCOC(c1ccc(F)cc1)c1ccc(F)cc1)C2. The summed E-state index contributed by atoms with van der Waals surface area (Å²) in [5, 5.41) is 0. The van der Waals surface area contributed by atoms with Crippen molar-refractivity contribution in [3.05, 3.63) is 82.9 Å². The molecule has 4 rings (SSSR count). The van der Waals surface area contributed by atoms with Gasteiger partial charge in [-0.25, -0.2) is 8.78 Å². The van der Waals surface area contributed by atoms with E-state index in [-0.39, 0.29) is 17.7 Å². The van der Waals surface area contributed by atoms with Crippen LogP contribution < -0.4 is 0 Å². The van der Waals surface area contributed by atoms with Gasteiger partial charge in [-0.3, -0.25) is 4.90 Å². The Labute approximate surface area is 171 Å². The molecule has 2 aliphatic heterocycles. The summed E-state index contributed by atoms with van der Waals surface area (Å²) in [6.07, 6.45) is 11.8. The Hall–Kier alpha value is -2.48. The summed E-state index contributed by atoms with van der Waals surface area (Å²) in [6.45, 7) is 1.19. The van der Waals surface area contributed by atoms with Crippen LogP contribution >= 0.6 is 0 Å². The molecule has 150 valence electrons. The molecule has 2 bridgehead atoms. The smallest absolute Gasteiger partial charge is 0.123 e. The highest BCUT2D eigenvalue weighted by Crippen LogP contribution is 2.38. The molecule has 0 N–H and O–H groups in total. The van der Waals surface area contributed by atoms with E-state index in [4.69, 9.17) is 11.2 Å². The van der Waals surface area contributed by atoms with Gasteiger partial charge in [-0.1, -0.05) is 41.8 Å². The monoisotopic (exact) mass is 393 g/mol. The van der Waals surface area contributed by atoms with Crippen molar-refractivity contribution in [2.24, 2.45) is 0 Å². The predicted octanol–water partition coefficient (Wildman–Crippen LogP) is 5.26. The zero-order chi connectivity index (χ0) is 20.2. The second-order valence-corrected chi connectivity index (χ2v) is 7.85. The molecule has 0 radical (unpaired) electrons. The van der Waals surface area contributed by atoms with E-state index in [0.717, 1.165) is 30.5 Å². The van der Waals surface area contributed by atoms with Crippen molar-refractivity contribution in [1.82, 2.24) is 4.90 Å². The number of benzene rings is 2. The van der Waals surface area contributed by atoms with E-state index in [2.05, 4.69) is 16.9 Å². The average Bonchev–Trinajstić information content (AvgIpc) is 2.96. The molecule has 2 atom stereocenters. The van der Waals surface area contributed by atoms with E-state index in [9.17, 15) is 8.78 Å². The van der Waals surface area contributed by atoms with Gasteiger partial charge >= 0.3 is 0 Å². The third kappa shape index (κ3) is 4.58. The molecule has 2 nitrogen and oxygen atoms in total. The van der Waals surface area contributed by atoms with Crippen LogP contribution in [0.3, 0.4) is 0 Å². The van der Waals surface area contributed by atoms with E-state index < -0.39 is 0 Å². The van der Waals surface area contributed by atoms with Crippen LogP contribution in [0.5, 0.6) is 0 Å². The fourth-order valence-corrected chi connectivity index (χ4v) is 4.59. The number of rotatable bonds is 6. The summed E-state index contributed by atoms with van der Waals surface area (Å²) >= 11 is 0. The normalized spacial score (nSPS) is 22.9. The van der Waals surface area contributed by atoms with E-state index >= 15 is 0 Å². The first kappa shape index (κ1) is 19.8. The Morgan fingerprint density at radius 1 is 0.966 bits per heavy atom. The van der Waals surface area contributed by atoms with Gasteiger partial charge in [0, 0.05) is 12.1 Å². The second-order valence-electron chi connectivity index (χ2n) is 7.85. The van der Waals surface area contributed by atoms with Crippen LogP contribution in [0.4, 0.5) is 8.78 Å². The number of hydrogen-bond acceptors (Lipinski definition) is 2. The zero-order valence-electron chi connectivity index (χ0n) is 16.4. The molecular weight excluding hydrogens is 368 g/mol. The number of piperidine rings is 1. The molecule has 0 aliphatic carbocycles. The van der Waals surface area contributed by atoms with Gasteiger partial charge in [0.15, 0.2) is 0 Å². The molecular formula is C25H25F2NO. The van der Waals surface area contributed by atoms with Gasteiger partial charge < -0.3 is 4.74 Å². The highest BCUT2D eigenvalue weighted by Gasteiger charge is 2.37. The largest absolute Gasteiger partial charge is 0.365 e. The topological polar surface area (TPSA) is 12.5 Å². The Morgan fingerprint density at radius 2 is 1.48 bits per heavy atom. The third-order valence-corrected chi connectivity index (χ3v) is 6.02. The maximum absolute atomic E-state index is 13.3. The third-order valence-electron chi connectivity index (χ3n) is 6.02. The fraction of sp³-hybridized carbons (Fsp3) is 0.360. The van der Waals surface area contributed by atoms with Crippen LogP contribution in [0.1, 0.15) is 42.9 Å². The van der Waals surface area contributed by atoms with Crippen molar-refractivity contribution in [2.45, 2.75) is 43.9 Å². The van der Waals surface area contributed by atoms with Gasteiger partial charge in [0.05, 0.1) is 13.2 Å². The maximum Gasteiger partial charge on any atom is 0.123 e. The minimum absolute atomic E-state index is 0.289. The van der Waals surface area contributed by atoms with Gasteiger partial charge in [0.25, 0.3) is 0 Å². The summed E-state index contributed by atoms with van der Waals surface area (Å²) in [7, 11) is 0. The Kier molecular flexibility index (Phi) is 6.08. The average molecular weight is 393 g/mol. The molecule has 0 spiro atoms. The van der Waals surface area contributed by atoms with Gasteiger partial charge in [-0.05, 0) is 61.1 Å². The molecule has 0 unspecified atom stereocenters. The fourth-order valence-electron chi connectivity index (χ4n) is 4.59. The van der Waals surface area contributed by atoms with Crippen molar-refractivity contribution in [1.29, 1.82) is 0 Å². The minimum atomic E-state index is -0.369. The van der Waals surface area contributed by atoms with Crippen LogP contribution in [0.15, 0.2) is 60.2 Å². The number of terminal acetylenes is 1. The lowest BCUT2D eigenvalue weighted by molar-refractivity contribution is 0.103. The molecule has 29 heavy (non-hydrogen) atoms. The van der Waals surface area contributed by atoms with Crippen molar-refractivity contribution in [3.8, 4) is 12.3 Å². The van der Waals surface area contributed by atoms with Crippen molar-refractivity contribution in [2.75, 3.05) is 13.2 Å². The highest BCUT2D eigenvalue weighted by atomic mass is 19.1. The molecule has 2 fully saturated rings. The Bertz CT molecular complexity index is 836. The van der Waals surface area contributed by atoms with Gasteiger partial charge in [-0.15, -0.1) is 6.42 Å². The van der Waals surface area contributed by atoms with Crippen LogP contribution in [0.2, 0.25) is 0 Å². The standard InChI is InChI=1S/C25H25F2NO/c1-2-14-28-23-11-12-24(28)17-18(16-23)13-15-29-25(19-3-7-21(26)8-4-19)20-5-9-22(27)10-6-20/h1,3-10,13,23-25H,11-12,14-17H2/t23-,24+. The lowest BCUT2D eigenvalue weighted by Crippen LogP contribution is -2.40. The number of fused-ring (bicyclic) bond motifs is 2. The van der Waals surface area contributed by atoms with Gasteiger partial charge in [-0.2, -0.15) is 0 Å². The quantitative estimate of drug-likeness (QED) is 0.490. The molecule has 2 saturated heterocycles. The molecule has 0 amide bonds. The lowest BCUT2D eigenvalue weighted by atomic mass is 9.96. The summed E-state index contributed by atoms with van der Waals surface area (Å²) in [6, 6.07) is 13.6. The summed E-state index contributed by atoms with van der Waals surface area (Å²) in [5.74, 6) is 2.21. The Balaban J connectivity index is 1.46. The molecule has 2 aromatic rings. The highest BCUT2D eigenvalue weighted by molar-refractivity contribution is 5.30. The summed E-state index contributed by atoms with van der Waals surface area (Å²) in [4.78, 5) is 2.46. The second kappa shape index (κ2) is 8.90. The van der Waals surface area contributed by atoms with Crippen LogP contribution in [-0.2, 0) is 4.74 Å². The first-order valence-corrected chi connectivity index (χ1v) is 10.1. The van der Waals surface area contributed by atoms with E-state index in [1.165, 1.54) is 42.7 Å². The minimum Gasteiger partial charge on any atom is -0.365 e. The van der Waals surface area contributed by atoms with E-state index in [0.29, 0.717) is 18.7 Å². The molecule has 2 aliphatic rings. The van der Waals surface area contributed by atoms with E-state index in [1.54, 1.807) is 24.3 Å². The van der Waals surface area contributed by atoms with Crippen molar-refractivity contribution < 1.29 is 13.5 Å². The Morgan fingerprint density at radius 3 is 1.97 bits per heavy atom. The summed E-state index contributed by atoms with van der Waals surface area (Å²) in [5.41, 5.74) is 3.11. The van der Waals surface area contributed by atoms with Crippen LogP contribution in [0.25, 0.3) is 0 Å². The first-order chi connectivity index (χ1) is 14.1. The van der Waals surface area contributed by atoms with Gasteiger partial charge in [0.1, 0.15) is 17.7 Å². The number of hydrogen-bond donors (Lipinski definition) is 0. The molecule has 0 aromatic heterocycles. The van der Waals surface area contributed by atoms with Crippen molar-refractivity contribution in [3.63, 3.8) is 0 Å². The van der Waals surface area contributed by atoms with Crippen LogP contribution in [-0.4, -0.2) is 30.1 Å². The van der Waals surface area contributed by atoms with Gasteiger partial charge in [0.2, 0.25) is 0 Å². The zero-order valence-corrected chi connectivity index (χ0v) is 16.4. The van der Waals surface area contributed by atoms with Crippen molar-refractivity contribution >= 4 is 0 Å². The first-order valence-electron chi connectivity index (χ1n) is 10.1. The molecule has 0 saturated carbocycles. The number of halogens is 2.